The Morgan fingerprint density at radius 2 is 1.83 bits per heavy atom. The van der Waals surface area contributed by atoms with Crippen LogP contribution in [0.1, 0.15) is 40.3 Å². The molecule has 0 spiro atoms. The third kappa shape index (κ3) is 3.64. The molecule has 10 heteroatoms. The fourth-order valence-electron chi connectivity index (χ4n) is 4.40. The molecule has 2 N–H and O–H groups in total. The number of carboxylic acid groups (broad SMARTS) is 1. The van der Waals surface area contributed by atoms with Crippen molar-refractivity contribution in [2.75, 3.05) is 11.9 Å². The number of aromatic nitrogens is 2. The van der Waals surface area contributed by atoms with Crippen molar-refractivity contribution < 1.29 is 27.9 Å². The van der Waals surface area contributed by atoms with E-state index in [9.17, 15) is 27.9 Å². The molecule has 1 aliphatic heterocycles. The summed E-state index contributed by atoms with van der Waals surface area (Å²) < 4.78 is 39.9. The van der Waals surface area contributed by atoms with Gasteiger partial charge in [-0.25, -0.2) is 14.8 Å². The van der Waals surface area contributed by atoms with Crippen molar-refractivity contribution in [1.82, 2.24) is 14.9 Å². The van der Waals surface area contributed by atoms with Gasteiger partial charge in [0, 0.05) is 24.9 Å². The fraction of sp³-hybridized carbons (Fsp3) is 0.684. The van der Waals surface area contributed by atoms with Gasteiger partial charge in [0.05, 0.1) is 0 Å². The predicted molar refractivity (Wildman–Crippen MR) is 97.8 cm³/mol. The van der Waals surface area contributed by atoms with Gasteiger partial charge in [-0.15, -0.1) is 0 Å². The highest BCUT2D eigenvalue weighted by Gasteiger charge is 2.70. The molecule has 0 radical (unpaired) electrons. The SMILES string of the molecule is CC(C)(C)[C@H](Nc1nccnc1C(F)(F)F)C(=O)N1C[C@H]2[C@@H]([C@H]1C(=O)O)C2(C)C. The maximum Gasteiger partial charge on any atom is 0.437 e. The van der Waals surface area contributed by atoms with E-state index < -0.39 is 47.1 Å². The van der Waals surface area contributed by atoms with E-state index in [-0.39, 0.29) is 23.8 Å². The van der Waals surface area contributed by atoms with Crippen LogP contribution in [0.15, 0.2) is 12.4 Å². The van der Waals surface area contributed by atoms with Crippen LogP contribution < -0.4 is 5.32 Å². The largest absolute Gasteiger partial charge is 0.480 e. The number of nitrogens with one attached hydrogen (secondary N) is 1. The Morgan fingerprint density at radius 3 is 2.34 bits per heavy atom. The normalized spacial score (nSPS) is 26.6. The molecular weight excluding hydrogens is 389 g/mol. The van der Waals surface area contributed by atoms with Crippen molar-refractivity contribution >= 4 is 17.7 Å². The summed E-state index contributed by atoms with van der Waals surface area (Å²) in [5.41, 5.74) is -2.19. The molecule has 4 atom stereocenters. The van der Waals surface area contributed by atoms with Crippen molar-refractivity contribution in [2.24, 2.45) is 22.7 Å². The van der Waals surface area contributed by atoms with Crippen LogP contribution in [-0.2, 0) is 15.8 Å². The molecular formula is C19H25F3N4O3. The van der Waals surface area contributed by atoms with Crippen LogP contribution in [-0.4, -0.2) is 50.5 Å². The lowest BCUT2D eigenvalue weighted by Crippen LogP contribution is -2.54. The lowest BCUT2D eigenvalue weighted by Gasteiger charge is -2.37. The van der Waals surface area contributed by atoms with Gasteiger partial charge >= 0.3 is 12.1 Å². The zero-order chi connectivity index (χ0) is 21.9. The van der Waals surface area contributed by atoms with E-state index in [2.05, 4.69) is 15.3 Å². The lowest BCUT2D eigenvalue weighted by molar-refractivity contribution is -0.151. The highest BCUT2D eigenvalue weighted by atomic mass is 19.4. The first kappa shape index (κ1) is 21.3. The predicted octanol–water partition coefficient (Wildman–Crippen LogP) is 2.89. The molecule has 2 aliphatic rings. The maximum absolute atomic E-state index is 13.3. The molecule has 1 aliphatic carbocycles. The smallest absolute Gasteiger partial charge is 0.437 e. The van der Waals surface area contributed by atoms with E-state index in [4.69, 9.17) is 0 Å². The lowest BCUT2D eigenvalue weighted by atomic mass is 9.85. The molecule has 1 amide bonds. The third-order valence-corrected chi connectivity index (χ3v) is 6.11. The number of fused-ring (bicyclic) bond motifs is 1. The number of carbonyl (C=O) groups excluding carboxylic acids is 1. The van der Waals surface area contributed by atoms with Crippen molar-refractivity contribution in [2.45, 2.75) is 52.9 Å². The van der Waals surface area contributed by atoms with E-state index in [0.717, 1.165) is 12.4 Å². The Kier molecular flexibility index (Phi) is 4.83. The van der Waals surface area contributed by atoms with Gasteiger partial charge in [-0.1, -0.05) is 34.6 Å². The number of aliphatic carboxylic acids is 1. The van der Waals surface area contributed by atoms with Crippen LogP contribution in [0.2, 0.25) is 0 Å². The first-order valence-electron chi connectivity index (χ1n) is 9.35. The van der Waals surface area contributed by atoms with Crippen molar-refractivity contribution in [3.8, 4) is 0 Å². The van der Waals surface area contributed by atoms with Gasteiger partial charge in [0.1, 0.15) is 12.1 Å². The zero-order valence-corrected chi connectivity index (χ0v) is 16.9. The van der Waals surface area contributed by atoms with Crippen molar-refractivity contribution in [1.29, 1.82) is 0 Å². The van der Waals surface area contributed by atoms with Gasteiger partial charge in [0.25, 0.3) is 0 Å². The van der Waals surface area contributed by atoms with Gasteiger partial charge in [-0.3, -0.25) is 4.79 Å². The number of anilines is 1. The number of piperidine rings is 1. The Bertz CT molecular complexity index is 835. The average molecular weight is 414 g/mol. The second kappa shape index (κ2) is 6.56. The molecule has 7 nitrogen and oxygen atoms in total. The second-order valence-electron chi connectivity index (χ2n) is 9.42. The van der Waals surface area contributed by atoms with Gasteiger partial charge in [-0.2, -0.15) is 13.2 Å². The van der Waals surface area contributed by atoms with Crippen LogP contribution in [0.25, 0.3) is 0 Å². The second-order valence-corrected chi connectivity index (χ2v) is 9.42. The highest BCUT2D eigenvalue weighted by Crippen LogP contribution is 2.65. The number of halogens is 3. The molecule has 2 fully saturated rings. The van der Waals surface area contributed by atoms with Crippen molar-refractivity contribution in [3.63, 3.8) is 0 Å². The number of carbonyl (C=O) groups is 2. The zero-order valence-electron chi connectivity index (χ0n) is 16.9. The number of alkyl halides is 3. The molecule has 0 aromatic carbocycles. The van der Waals surface area contributed by atoms with Crippen LogP contribution in [0.3, 0.4) is 0 Å². The van der Waals surface area contributed by atoms with E-state index in [0.29, 0.717) is 0 Å². The first-order valence-corrected chi connectivity index (χ1v) is 9.35. The van der Waals surface area contributed by atoms with Gasteiger partial charge in [-0.05, 0) is 16.7 Å². The highest BCUT2D eigenvalue weighted by molar-refractivity contribution is 5.91. The summed E-state index contributed by atoms with van der Waals surface area (Å²) in [5, 5.41) is 12.3. The molecule has 2 heterocycles. The van der Waals surface area contributed by atoms with Crippen LogP contribution in [0.5, 0.6) is 0 Å². The van der Waals surface area contributed by atoms with E-state index in [1.54, 1.807) is 20.8 Å². The average Bonchev–Trinajstić information content (AvgIpc) is 2.94. The molecule has 1 aromatic heterocycles. The van der Waals surface area contributed by atoms with Gasteiger partial charge < -0.3 is 15.3 Å². The van der Waals surface area contributed by atoms with Crippen LogP contribution >= 0.6 is 0 Å². The van der Waals surface area contributed by atoms with Crippen LogP contribution in [0.4, 0.5) is 19.0 Å². The summed E-state index contributed by atoms with van der Waals surface area (Å²) >= 11 is 0. The quantitative estimate of drug-likeness (QED) is 0.787. The van der Waals surface area contributed by atoms with E-state index >= 15 is 0 Å². The van der Waals surface area contributed by atoms with E-state index in [1.807, 2.05) is 13.8 Å². The first-order chi connectivity index (χ1) is 13.2. The topological polar surface area (TPSA) is 95.4 Å². The maximum atomic E-state index is 13.3. The minimum absolute atomic E-state index is 0.0652. The molecule has 160 valence electrons. The summed E-state index contributed by atoms with van der Waals surface area (Å²) in [6.07, 6.45) is -2.71. The molecule has 1 saturated heterocycles. The number of rotatable bonds is 4. The summed E-state index contributed by atoms with van der Waals surface area (Å²) in [6.45, 7) is 9.30. The summed E-state index contributed by atoms with van der Waals surface area (Å²) in [4.78, 5) is 33.6. The molecule has 0 bridgehead atoms. The third-order valence-electron chi connectivity index (χ3n) is 6.11. The molecule has 1 aromatic rings. The number of hydrogen-bond donors (Lipinski definition) is 2. The Labute approximate surface area is 166 Å². The van der Waals surface area contributed by atoms with Gasteiger partial charge in [0.2, 0.25) is 5.91 Å². The van der Waals surface area contributed by atoms with Crippen molar-refractivity contribution in [3.05, 3.63) is 18.1 Å². The summed E-state index contributed by atoms with van der Waals surface area (Å²) in [6, 6.07) is -2.10. The molecule has 0 unspecified atom stereocenters. The molecule has 3 rings (SSSR count). The van der Waals surface area contributed by atoms with Crippen LogP contribution in [0, 0.1) is 22.7 Å². The number of hydrogen-bond acceptors (Lipinski definition) is 5. The summed E-state index contributed by atoms with van der Waals surface area (Å²) in [7, 11) is 0. The Balaban J connectivity index is 1.92. The minimum atomic E-state index is -4.75. The molecule has 1 saturated carbocycles. The Hall–Kier alpha value is -2.39. The molecule has 29 heavy (non-hydrogen) atoms. The Morgan fingerprint density at radius 1 is 1.24 bits per heavy atom. The standard InChI is InChI=1S/C19H25F3N4O3/c1-17(2,3)13(25-14-12(19(20,21)22)23-6-7-24-14)15(27)26-8-9-10(18(9,4)5)11(26)16(28)29/h6-7,9-11,13H,8H2,1-5H3,(H,24,25)(H,28,29)/t9-,10-,11-,13+/m0/s1. The minimum Gasteiger partial charge on any atom is -0.480 e. The summed E-state index contributed by atoms with van der Waals surface area (Å²) in [5.74, 6) is -2.29. The van der Waals surface area contributed by atoms with Gasteiger partial charge in [0.15, 0.2) is 11.5 Å². The number of likely N-dealkylation sites (tertiary alicyclic amines) is 1. The number of amides is 1. The monoisotopic (exact) mass is 414 g/mol. The van der Waals surface area contributed by atoms with E-state index in [1.165, 1.54) is 4.90 Å². The number of nitrogens with zero attached hydrogens (tertiary/aromatic N) is 3. The number of carboxylic acids is 1. The fourth-order valence-corrected chi connectivity index (χ4v) is 4.40.